The van der Waals surface area contributed by atoms with Gasteiger partial charge in [0.05, 0.1) is 84.4 Å². The highest BCUT2D eigenvalue weighted by molar-refractivity contribution is 9.10. The lowest BCUT2D eigenvalue weighted by Crippen LogP contribution is -2.31. The number of ketones is 1. The number of halogens is 5. The van der Waals surface area contributed by atoms with Crippen molar-refractivity contribution in [3.05, 3.63) is 243 Å². The summed E-state index contributed by atoms with van der Waals surface area (Å²) in [6.45, 7) is 25.6. The average Bonchev–Trinajstić information content (AvgIpc) is 1.37. The minimum absolute atomic E-state index is 0.0192. The van der Waals surface area contributed by atoms with E-state index in [0.29, 0.717) is 129 Å². The number of aldehydes is 1. The lowest BCUT2D eigenvalue weighted by atomic mass is 9.83. The molecule has 27 nitrogen and oxygen atoms in total. The fraction of sp³-hybridized carbons (Fsp3) is 0.244. The van der Waals surface area contributed by atoms with Crippen LogP contribution in [0.25, 0.3) is 66.5 Å². The molecule has 32 heteroatoms. The van der Waals surface area contributed by atoms with Gasteiger partial charge in [-0.3, -0.25) is 24.5 Å². The van der Waals surface area contributed by atoms with Crippen LogP contribution in [0.5, 0.6) is 12.0 Å². The maximum Gasteiger partial charge on any atom is 0.423 e. The Bertz CT molecular complexity index is 5630. The van der Waals surface area contributed by atoms with Gasteiger partial charge in [0, 0.05) is 58.8 Å². The third-order valence-electron chi connectivity index (χ3n) is 16.0. The number of hydrogen-bond acceptors (Lipinski definition) is 23. The first kappa shape index (κ1) is 81.4. The molecule has 3 aromatic carbocycles. The highest BCUT2D eigenvalue weighted by atomic mass is 79.9. The molecule has 0 spiro atoms. The highest BCUT2D eigenvalue weighted by Gasteiger charge is 2.40. The van der Waals surface area contributed by atoms with Crippen LogP contribution in [-0.2, 0) is 15.1 Å². The fourth-order valence-corrected chi connectivity index (χ4v) is 12.3. The standard InChI is InChI=1S/C25H25ClN4O5.C23H18ClN5O3.C20H23N3O5.C5H3BrClN.C5H4BrN/c1-7-33-23-28-21-17(22(31)18-9-8-16(26)12-27-18)10-15(20-13(2)29-35-14(20)3)11-19(21)30(23)24(32)34-25(4,5)6;1-12-20(13(2)32-29-12)14-9-16(21-17(10-14)27-22(30)28-21)23(31,18-5-3-4-8-25-18)19-7-6-15(24)11-26-19;1-7-26-18-21-17-14(10-24)8-13(16-11(2)22-28-12(16)3)9-15(17)23(18)19(25)27-20(4,5)6;6-5-2-1-4(7)3-8-5;6-5-3-1-2-4-7-5/h8-12H,7H2,1-6H3;3-11,31H,1-2H3,(H2,27,28,30);8-10H,7H2,1-6H3;1-3H;1-4H. The number of imidazole rings is 3. The summed E-state index contributed by atoms with van der Waals surface area (Å²) < 4.78 is 42.4. The number of aromatic nitrogens is 14. The minimum Gasteiger partial charge on any atom is -0.465 e. The number of fused-ring (bicyclic) bond motifs is 3. The minimum atomic E-state index is -1.79. The summed E-state index contributed by atoms with van der Waals surface area (Å²) in [6, 6.07) is 31.5. The zero-order valence-corrected chi connectivity index (χ0v) is 67.3. The molecule has 0 bridgehead atoms. The number of hydrogen-bond donors (Lipinski definition) is 3. The molecular weight excluding hydrogens is 1610 g/mol. The molecule has 0 fully saturated rings. The highest BCUT2D eigenvalue weighted by Crippen LogP contribution is 2.42. The molecule has 0 amide bonds. The molecule has 1 unspecified atom stereocenters. The van der Waals surface area contributed by atoms with Gasteiger partial charge in [0.15, 0.2) is 11.9 Å². The van der Waals surface area contributed by atoms with Crippen LogP contribution in [0, 0.1) is 41.5 Å². The molecule has 14 rings (SSSR count). The molecule has 11 aromatic heterocycles. The summed E-state index contributed by atoms with van der Waals surface area (Å²) in [7, 11) is 0. The Morgan fingerprint density at radius 3 is 1.45 bits per heavy atom. The van der Waals surface area contributed by atoms with Crippen molar-refractivity contribution >= 4 is 124 Å². The number of carbonyl (C=O) groups excluding carboxylic acids is 4. The quantitative estimate of drug-likeness (QED) is 0.0548. The van der Waals surface area contributed by atoms with E-state index in [-0.39, 0.29) is 35.4 Å². The van der Waals surface area contributed by atoms with Crippen LogP contribution in [0.2, 0.25) is 15.1 Å². The molecule has 0 aliphatic rings. The van der Waals surface area contributed by atoms with Gasteiger partial charge in [-0.2, -0.15) is 19.1 Å². The van der Waals surface area contributed by atoms with Gasteiger partial charge in [0.1, 0.15) is 54.4 Å². The van der Waals surface area contributed by atoms with Crippen molar-refractivity contribution < 1.29 is 56.8 Å². The van der Waals surface area contributed by atoms with Gasteiger partial charge in [-0.1, -0.05) is 62.4 Å². The van der Waals surface area contributed by atoms with Crippen LogP contribution in [0.15, 0.2) is 168 Å². The first-order valence-electron chi connectivity index (χ1n) is 33.8. The Morgan fingerprint density at radius 2 is 1.03 bits per heavy atom. The van der Waals surface area contributed by atoms with E-state index in [4.69, 9.17) is 67.3 Å². The summed E-state index contributed by atoms with van der Waals surface area (Å²) in [6.07, 6.45) is 7.16. The summed E-state index contributed by atoms with van der Waals surface area (Å²) in [5.74, 6) is 1.41. The molecule has 0 aliphatic heterocycles. The number of aryl methyl sites for hydroxylation is 6. The zero-order valence-electron chi connectivity index (χ0n) is 61.9. The molecule has 110 heavy (non-hydrogen) atoms. The van der Waals surface area contributed by atoms with Crippen molar-refractivity contribution in [3.8, 4) is 45.4 Å². The number of nitrogens with one attached hydrogen (secondary N) is 2. The lowest BCUT2D eigenvalue weighted by Gasteiger charge is -2.28. The molecule has 0 saturated heterocycles. The number of ether oxygens (including phenoxy) is 4. The number of nitrogens with zero attached hydrogens (tertiary/aromatic N) is 12. The van der Waals surface area contributed by atoms with Crippen LogP contribution in [0.1, 0.15) is 133 Å². The third-order valence-corrected chi connectivity index (χ3v) is 17.6. The van der Waals surface area contributed by atoms with Crippen molar-refractivity contribution in [1.82, 2.24) is 69.5 Å². The Morgan fingerprint density at radius 1 is 0.555 bits per heavy atom. The Hall–Kier alpha value is -11.1. The van der Waals surface area contributed by atoms with Gasteiger partial charge in [0.2, 0.25) is 5.78 Å². The van der Waals surface area contributed by atoms with E-state index in [1.54, 1.807) is 174 Å². The van der Waals surface area contributed by atoms with E-state index in [9.17, 15) is 29.1 Å². The van der Waals surface area contributed by atoms with E-state index in [0.717, 1.165) is 25.9 Å². The van der Waals surface area contributed by atoms with Crippen LogP contribution >= 0.6 is 66.7 Å². The van der Waals surface area contributed by atoms with Crippen molar-refractivity contribution in [1.29, 1.82) is 0 Å². The normalized spacial score (nSPS) is 11.8. The predicted molar refractivity (Wildman–Crippen MR) is 421 cm³/mol. The summed E-state index contributed by atoms with van der Waals surface area (Å²) >= 11 is 23.9. The molecule has 3 N–H and O–H groups in total. The smallest absolute Gasteiger partial charge is 0.423 e. The second kappa shape index (κ2) is 34.7. The van der Waals surface area contributed by atoms with E-state index >= 15 is 0 Å². The van der Waals surface area contributed by atoms with Crippen LogP contribution < -0.4 is 15.2 Å². The molecular formula is C78H73Br2Cl3N14O13. The second-order valence-corrected chi connectivity index (χ2v) is 29.2. The van der Waals surface area contributed by atoms with Gasteiger partial charge in [-0.15, -0.1) is 0 Å². The largest absolute Gasteiger partial charge is 0.465 e. The number of benzene rings is 3. The Kier molecular flexibility index (Phi) is 25.7. The van der Waals surface area contributed by atoms with E-state index in [2.05, 4.69) is 92.2 Å². The van der Waals surface area contributed by atoms with Gasteiger partial charge < -0.3 is 47.6 Å². The van der Waals surface area contributed by atoms with Crippen molar-refractivity contribution in [3.63, 3.8) is 0 Å². The van der Waals surface area contributed by atoms with Gasteiger partial charge >= 0.3 is 29.9 Å². The monoisotopic (exact) mass is 1680 g/mol. The Balaban J connectivity index is 0.000000160. The maximum absolute atomic E-state index is 13.6. The molecule has 0 aliphatic carbocycles. The van der Waals surface area contributed by atoms with Crippen LogP contribution in [0.4, 0.5) is 9.59 Å². The third kappa shape index (κ3) is 18.8. The summed E-state index contributed by atoms with van der Waals surface area (Å²) in [5, 5.41) is 25.8. The molecule has 0 saturated carbocycles. The summed E-state index contributed by atoms with van der Waals surface area (Å²) in [4.78, 5) is 98.9. The lowest BCUT2D eigenvalue weighted by molar-refractivity contribution is 0.0515. The van der Waals surface area contributed by atoms with Crippen molar-refractivity contribution in [2.45, 2.75) is 114 Å². The van der Waals surface area contributed by atoms with Crippen molar-refractivity contribution in [2.24, 2.45) is 0 Å². The van der Waals surface area contributed by atoms with Gasteiger partial charge in [0.25, 0.3) is 0 Å². The van der Waals surface area contributed by atoms with E-state index < -0.39 is 40.5 Å². The average molecular weight is 1680 g/mol. The number of H-pyrrole nitrogens is 2. The molecule has 1 atom stereocenters. The predicted octanol–water partition coefficient (Wildman–Crippen LogP) is 18.3. The fourth-order valence-electron chi connectivity index (χ4n) is 11.5. The first-order valence-corrected chi connectivity index (χ1v) is 36.6. The molecule has 568 valence electrons. The number of pyridine rings is 5. The molecule has 0 radical (unpaired) electrons. The molecule has 14 aromatic rings. The topological polar surface area (TPSA) is 352 Å². The molecule has 11 heterocycles. The Labute approximate surface area is 661 Å². The van der Waals surface area contributed by atoms with Gasteiger partial charge in [-0.05, 0) is 243 Å². The summed E-state index contributed by atoms with van der Waals surface area (Å²) in [5.41, 5.74) is 6.79. The number of aromatic amines is 2. The van der Waals surface area contributed by atoms with E-state index in [1.807, 2.05) is 45.0 Å². The van der Waals surface area contributed by atoms with Gasteiger partial charge in [-0.25, -0.2) is 24.4 Å². The SMILES string of the molecule is Brc1ccccn1.CCOc1nc2c(C(=O)c3ccc(Cl)cn3)cc(-c3c(C)noc3C)cc2n1C(=O)OC(C)(C)C.CCOc1nc2c(C=O)cc(-c3c(C)noc3C)cc2n1C(=O)OC(C)(C)C.Cc1noc(C)c1-c1cc(C(O)(c2ccccn2)c2ccc(Cl)cn2)c2[nH]c(=O)[nH]c2c1.Clc1ccc(Br)nc1. The maximum atomic E-state index is 13.6. The van der Waals surface area contributed by atoms with Crippen molar-refractivity contribution in [2.75, 3.05) is 13.2 Å². The van der Waals surface area contributed by atoms with E-state index in [1.165, 1.54) is 27.6 Å². The number of carbonyl (C=O) groups is 4. The van der Waals surface area contributed by atoms with Crippen LogP contribution in [0.3, 0.4) is 0 Å². The first-order chi connectivity index (χ1) is 52.2. The zero-order chi connectivity index (χ0) is 79.7. The van der Waals surface area contributed by atoms with Crippen LogP contribution in [-0.4, -0.2) is 123 Å². The number of aliphatic hydroxyl groups is 1. The number of rotatable bonds is 13. The second-order valence-electron chi connectivity index (χ2n) is 26.3.